The number of nitrogens with zero attached hydrogens (tertiary/aromatic N) is 5. The van der Waals surface area contributed by atoms with E-state index in [4.69, 9.17) is 4.42 Å². The van der Waals surface area contributed by atoms with Crippen molar-refractivity contribution < 1.29 is 4.42 Å². The van der Waals surface area contributed by atoms with Crippen LogP contribution in [0.25, 0.3) is 5.69 Å². The van der Waals surface area contributed by atoms with Gasteiger partial charge in [0.05, 0.1) is 11.4 Å². The van der Waals surface area contributed by atoms with E-state index in [2.05, 4.69) is 20.3 Å². The molecule has 2 heterocycles. The quantitative estimate of drug-likeness (QED) is 0.679. The first-order valence-corrected chi connectivity index (χ1v) is 6.69. The molecule has 0 aliphatic heterocycles. The number of thioether (sulfide) groups is 1. The molecule has 0 radical (unpaired) electrons. The summed E-state index contributed by atoms with van der Waals surface area (Å²) in [5, 5.41) is 12.8. The largest absolute Gasteiger partial charge is 0.425 e. The number of aryl methyl sites for hydroxylation is 1. The van der Waals surface area contributed by atoms with Crippen LogP contribution < -0.4 is 0 Å². The van der Waals surface area contributed by atoms with Crippen molar-refractivity contribution in [2.75, 3.05) is 0 Å². The summed E-state index contributed by atoms with van der Waals surface area (Å²) in [5.74, 6) is 1.72. The summed E-state index contributed by atoms with van der Waals surface area (Å²) in [4.78, 5) is 4.24. The number of rotatable bonds is 4. The van der Waals surface area contributed by atoms with Crippen molar-refractivity contribution in [2.24, 2.45) is 0 Å². The topological polar surface area (TPSA) is 69.6 Å². The summed E-state index contributed by atoms with van der Waals surface area (Å²) in [6.45, 7) is 1.77. The van der Waals surface area contributed by atoms with Crippen molar-refractivity contribution in [3.05, 3.63) is 48.4 Å². The minimum absolute atomic E-state index is 0.568. The zero-order valence-corrected chi connectivity index (χ0v) is 11.0. The van der Waals surface area contributed by atoms with Crippen LogP contribution in [-0.4, -0.2) is 25.0 Å². The lowest BCUT2D eigenvalue weighted by molar-refractivity contribution is 0.485. The number of hydrogen-bond donors (Lipinski definition) is 0. The van der Waals surface area contributed by atoms with Crippen LogP contribution in [0.2, 0.25) is 0 Å². The Balaban J connectivity index is 1.68. The molecule has 0 N–H and O–H groups in total. The molecule has 0 atom stereocenters. The molecule has 0 unspecified atom stereocenters. The summed E-state index contributed by atoms with van der Waals surface area (Å²) >= 11 is 1.46. The molecule has 0 saturated carbocycles. The second-order valence-corrected chi connectivity index (χ2v) is 4.75. The van der Waals surface area contributed by atoms with Gasteiger partial charge in [-0.15, -0.1) is 15.3 Å². The molecular formula is C12H11N5OS. The molecule has 0 amide bonds. The summed E-state index contributed by atoms with van der Waals surface area (Å²) in [6, 6.07) is 9.85. The van der Waals surface area contributed by atoms with E-state index in [0.717, 1.165) is 5.69 Å². The van der Waals surface area contributed by atoms with Crippen molar-refractivity contribution in [2.45, 2.75) is 17.8 Å². The van der Waals surface area contributed by atoms with E-state index in [1.807, 2.05) is 30.3 Å². The van der Waals surface area contributed by atoms with Crippen LogP contribution in [0.3, 0.4) is 0 Å². The minimum atomic E-state index is 0.568. The standard InChI is InChI=1S/C12H11N5OS/c1-9-14-15-11(18-9)7-19-12-13-8-17(16-12)10-5-3-2-4-6-10/h2-6,8H,7H2,1H3. The maximum Gasteiger partial charge on any atom is 0.226 e. The van der Waals surface area contributed by atoms with Crippen LogP contribution in [0.1, 0.15) is 11.8 Å². The van der Waals surface area contributed by atoms with Gasteiger partial charge >= 0.3 is 0 Å². The normalized spacial score (nSPS) is 10.8. The second-order valence-electron chi connectivity index (χ2n) is 3.81. The monoisotopic (exact) mass is 273 g/mol. The van der Waals surface area contributed by atoms with Crippen molar-refractivity contribution >= 4 is 11.8 Å². The molecule has 1 aromatic carbocycles. The van der Waals surface area contributed by atoms with Crippen LogP contribution in [0.5, 0.6) is 0 Å². The highest BCUT2D eigenvalue weighted by molar-refractivity contribution is 7.98. The summed E-state index contributed by atoms with van der Waals surface area (Å²) in [5.41, 5.74) is 0.982. The molecule has 2 aromatic heterocycles. The van der Waals surface area contributed by atoms with Crippen LogP contribution in [0.4, 0.5) is 0 Å². The minimum Gasteiger partial charge on any atom is -0.425 e. The van der Waals surface area contributed by atoms with E-state index in [1.54, 1.807) is 17.9 Å². The molecular weight excluding hydrogens is 262 g/mol. The number of hydrogen-bond acceptors (Lipinski definition) is 6. The molecule has 0 aliphatic carbocycles. The van der Waals surface area contributed by atoms with Gasteiger partial charge in [-0.1, -0.05) is 30.0 Å². The van der Waals surface area contributed by atoms with Gasteiger partial charge in [-0.3, -0.25) is 0 Å². The summed E-state index contributed by atoms with van der Waals surface area (Å²) in [6.07, 6.45) is 1.69. The summed E-state index contributed by atoms with van der Waals surface area (Å²) in [7, 11) is 0. The van der Waals surface area contributed by atoms with Gasteiger partial charge in [0.15, 0.2) is 0 Å². The van der Waals surface area contributed by atoms with Gasteiger partial charge in [-0.05, 0) is 12.1 Å². The molecule has 0 spiro atoms. The Morgan fingerprint density at radius 1 is 1.21 bits per heavy atom. The van der Waals surface area contributed by atoms with Crippen LogP contribution in [-0.2, 0) is 5.75 Å². The SMILES string of the molecule is Cc1nnc(CSc2ncn(-c3ccccc3)n2)o1. The molecule has 0 saturated heterocycles. The lowest BCUT2D eigenvalue weighted by Gasteiger charge is -1.97. The first kappa shape index (κ1) is 11.9. The lowest BCUT2D eigenvalue weighted by atomic mass is 10.3. The van der Waals surface area contributed by atoms with E-state index < -0.39 is 0 Å². The zero-order chi connectivity index (χ0) is 13.1. The molecule has 0 bridgehead atoms. The van der Waals surface area contributed by atoms with Crippen LogP contribution in [0.15, 0.2) is 46.2 Å². The van der Waals surface area contributed by atoms with Crippen molar-refractivity contribution in [1.29, 1.82) is 0 Å². The second kappa shape index (κ2) is 5.23. The molecule has 0 fully saturated rings. The smallest absolute Gasteiger partial charge is 0.226 e. The fourth-order valence-corrected chi connectivity index (χ4v) is 2.18. The summed E-state index contributed by atoms with van der Waals surface area (Å²) < 4.78 is 7.03. The van der Waals surface area contributed by atoms with E-state index in [0.29, 0.717) is 22.7 Å². The van der Waals surface area contributed by atoms with Crippen LogP contribution >= 0.6 is 11.8 Å². The third-order valence-electron chi connectivity index (χ3n) is 2.38. The average molecular weight is 273 g/mol. The Morgan fingerprint density at radius 3 is 2.79 bits per heavy atom. The Bertz CT molecular complexity index is 664. The van der Waals surface area contributed by atoms with Crippen molar-refractivity contribution in [3.63, 3.8) is 0 Å². The van der Waals surface area contributed by atoms with E-state index >= 15 is 0 Å². The first-order chi connectivity index (χ1) is 9.31. The maximum atomic E-state index is 5.29. The molecule has 3 aromatic rings. The van der Waals surface area contributed by atoms with E-state index in [9.17, 15) is 0 Å². The van der Waals surface area contributed by atoms with Crippen molar-refractivity contribution in [3.8, 4) is 5.69 Å². The van der Waals surface area contributed by atoms with Crippen LogP contribution in [0, 0.1) is 6.92 Å². The Morgan fingerprint density at radius 2 is 2.05 bits per heavy atom. The highest BCUT2D eigenvalue weighted by Gasteiger charge is 2.07. The molecule has 0 aliphatic rings. The number of para-hydroxylation sites is 1. The molecule has 6 nitrogen and oxygen atoms in total. The maximum absolute atomic E-state index is 5.29. The fourth-order valence-electron chi connectivity index (χ4n) is 1.54. The first-order valence-electron chi connectivity index (χ1n) is 5.70. The van der Waals surface area contributed by atoms with Gasteiger partial charge in [0, 0.05) is 6.92 Å². The van der Waals surface area contributed by atoms with Gasteiger partial charge in [0.2, 0.25) is 16.9 Å². The van der Waals surface area contributed by atoms with E-state index in [1.165, 1.54) is 11.8 Å². The predicted molar refractivity (Wildman–Crippen MR) is 70.0 cm³/mol. The van der Waals surface area contributed by atoms with Gasteiger partial charge in [0.25, 0.3) is 0 Å². The lowest BCUT2D eigenvalue weighted by Crippen LogP contribution is -1.93. The van der Waals surface area contributed by atoms with Gasteiger partial charge in [0.1, 0.15) is 6.33 Å². The molecule has 96 valence electrons. The Labute approximate surface area is 113 Å². The zero-order valence-electron chi connectivity index (χ0n) is 10.2. The van der Waals surface area contributed by atoms with Gasteiger partial charge < -0.3 is 4.42 Å². The van der Waals surface area contributed by atoms with Crippen molar-refractivity contribution in [1.82, 2.24) is 25.0 Å². The molecule has 19 heavy (non-hydrogen) atoms. The number of aromatic nitrogens is 5. The third-order valence-corrected chi connectivity index (χ3v) is 3.22. The molecule has 7 heteroatoms. The third kappa shape index (κ3) is 2.82. The predicted octanol–water partition coefficient (Wildman–Crippen LogP) is 2.25. The van der Waals surface area contributed by atoms with Gasteiger partial charge in [-0.2, -0.15) is 0 Å². The molecule has 3 rings (SSSR count). The number of benzene rings is 1. The Hall–Kier alpha value is -2.15. The highest BCUT2D eigenvalue weighted by Crippen LogP contribution is 2.18. The highest BCUT2D eigenvalue weighted by atomic mass is 32.2. The van der Waals surface area contributed by atoms with Gasteiger partial charge in [-0.25, -0.2) is 9.67 Å². The van der Waals surface area contributed by atoms with E-state index in [-0.39, 0.29) is 0 Å². The average Bonchev–Trinajstić information content (AvgIpc) is 3.06. The fraction of sp³-hybridized carbons (Fsp3) is 0.167. The Kier molecular flexibility index (Phi) is 3.28.